The number of anilines is 1. The lowest BCUT2D eigenvalue weighted by atomic mass is 9.93. The molecule has 8 nitrogen and oxygen atoms in total. The minimum atomic E-state index is -1.50. The minimum absolute atomic E-state index is 0.0698. The highest BCUT2D eigenvalue weighted by atomic mass is 79.9. The van der Waals surface area contributed by atoms with Crippen molar-refractivity contribution in [3.05, 3.63) is 105 Å². The van der Waals surface area contributed by atoms with Crippen LogP contribution in [0.25, 0.3) is 5.69 Å². The van der Waals surface area contributed by atoms with Crippen LogP contribution in [0, 0.1) is 18.6 Å². The van der Waals surface area contributed by atoms with Gasteiger partial charge >= 0.3 is 0 Å². The number of rotatable bonds is 14. The Kier molecular flexibility index (Phi) is 12.2. The number of aliphatic hydroxyl groups is 2. The minimum Gasteiger partial charge on any atom is -0.412 e. The topological polar surface area (TPSA) is 93.9 Å². The quantitative estimate of drug-likeness (QED) is 0.117. The second-order valence-corrected chi connectivity index (χ2v) is 14.7. The number of hydrogen-bond acceptors (Lipinski definition) is 6. The molecule has 2 heterocycles. The fourth-order valence-corrected chi connectivity index (χ4v) is 7.68. The molecule has 0 saturated carbocycles. The molecule has 2 unspecified atom stereocenters. The molecule has 1 aliphatic heterocycles. The Balaban J connectivity index is 1.52. The van der Waals surface area contributed by atoms with Crippen LogP contribution >= 0.6 is 15.9 Å². The zero-order chi connectivity index (χ0) is 34.4. The molecule has 1 aromatic heterocycles. The third kappa shape index (κ3) is 8.06. The number of fused-ring (bicyclic) bond motifs is 1. The van der Waals surface area contributed by atoms with Crippen molar-refractivity contribution in [2.24, 2.45) is 0 Å². The maximum Gasteiger partial charge on any atom is 0.274 e. The van der Waals surface area contributed by atoms with Crippen molar-refractivity contribution in [3.63, 3.8) is 0 Å². The van der Waals surface area contributed by atoms with Crippen LogP contribution in [-0.4, -0.2) is 71.1 Å². The van der Waals surface area contributed by atoms with Crippen LogP contribution in [-0.2, 0) is 13.0 Å². The van der Waals surface area contributed by atoms with Gasteiger partial charge < -0.3 is 20.1 Å². The number of aliphatic hydroxyl groups excluding tert-OH is 2. The first-order valence-corrected chi connectivity index (χ1v) is 18.8. The van der Waals surface area contributed by atoms with E-state index in [1.54, 1.807) is 16.8 Å². The van der Waals surface area contributed by atoms with E-state index in [0.717, 1.165) is 48.6 Å². The molecule has 12 heteroatoms. The van der Waals surface area contributed by atoms with Crippen molar-refractivity contribution in [1.29, 1.82) is 0 Å². The average molecular weight is 741 g/mol. The van der Waals surface area contributed by atoms with Gasteiger partial charge in [0.1, 0.15) is 17.9 Å². The Morgan fingerprint density at radius 2 is 1.77 bits per heavy atom. The van der Waals surface area contributed by atoms with E-state index in [9.17, 15) is 23.8 Å². The van der Waals surface area contributed by atoms with Gasteiger partial charge in [-0.05, 0) is 94.8 Å². The number of hydrogen-bond donors (Lipinski definition) is 3. The number of nitrogens with one attached hydrogen (secondary N) is 1. The van der Waals surface area contributed by atoms with E-state index >= 15 is 0 Å². The number of unbranched alkanes of at least 4 members (excludes halogenated alkanes) is 2. The predicted molar refractivity (Wildman–Crippen MR) is 191 cm³/mol. The number of nitrogens with zero attached hydrogens (tertiary/aromatic N) is 4. The monoisotopic (exact) mass is 739 g/mol. The van der Waals surface area contributed by atoms with E-state index in [2.05, 4.69) is 34.8 Å². The third-order valence-corrected chi connectivity index (χ3v) is 11.1. The highest BCUT2D eigenvalue weighted by Gasteiger charge is 2.33. The molecule has 3 N–H and O–H groups in total. The Bertz CT molecular complexity index is 1730. The lowest BCUT2D eigenvalue weighted by Crippen LogP contribution is -2.45. The highest BCUT2D eigenvalue weighted by molar-refractivity contribution is 9.10. The molecular formula is C36H44BrF2N5O3Si. The summed E-state index contributed by atoms with van der Waals surface area (Å²) < 4.78 is 30.6. The molecule has 0 fully saturated rings. The van der Waals surface area contributed by atoms with Crippen LogP contribution < -0.4 is 10.2 Å². The van der Waals surface area contributed by atoms with Crippen molar-refractivity contribution in [2.45, 2.75) is 71.7 Å². The summed E-state index contributed by atoms with van der Waals surface area (Å²) in [7, 11) is -1.50. The Morgan fingerprint density at radius 1 is 1.06 bits per heavy atom. The highest BCUT2D eigenvalue weighted by Crippen LogP contribution is 2.34. The predicted octanol–water partition coefficient (Wildman–Crippen LogP) is 5.50. The number of amides is 1. The van der Waals surface area contributed by atoms with Crippen LogP contribution in [0.3, 0.4) is 0 Å². The van der Waals surface area contributed by atoms with Gasteiger partial charge in [0.15, 0.2) is 15.4 Å². The summed E-state index contributed by atoms with van der Waals surface area (Å²) in [6.07, 6.45) is 3.20. The Morgan fingerprint density at radius 3 is 2.46 bits per heavy atom. The molecule has 0 aliphatic carbocycles. The fraction of sp³-hybridized carbons (Fsp3) is 0.389. The molecule has 1 amide bonds. The zero-order valence-electron chi connectivity index (χ0n) is 27.7. The second kappa shape index (κ2) is 16.3. The van der Waals surface area contributed by atoms with Gasteiger partial charge in [-0.15, -0.1) is 0 Å². The van der Waals surface area contributed by atoms with Gasteiger partial charge in [0.05, 0.1) is 16.8 Å². The summed E-state index contributed by atoms with van der Waals surface area (Å²) in [5.41, 5.74) is 4.98. The number of benzene rings is 3. The summed E-state index contributed by atoms with van der Waals surface area (Å²) in [6.45, 7) is 7.68. The van der Waals surface area contributed by atoms with Gasteiger partial charge in [-0.3, -0.25) is 9.69 Å². The van der Waals surface area contributed by atoms with E-state index < -0.39 is 27.5 Å². The molecule has 0 spiro atoms. The molecule has 0 saturated heterocycles. The summed E-state index contributed by atoms with van der Waals surface area (Å²) in [5, 5.41) is 27.5. The zero-order valence-corrected chi connectivity index (χ0v) is 30.7. The first-order chi connectivity index (χ1) is 23.1. The molecule has 0 radical (unpaired) electrons. The van der Waals surface area contributed by atoms with Crippen LogP contribution in [0.5, 0.6) is 0 Å². The van der Waals surface area contributed by atoms with Crippen LogP contribution in [0.4, 0.5) is 14.5 Å². The second-order valence-electron chi connectivity index (χ2n) is 12.4. The van der Waals surface area contributed by atoms with Gasteiger partial charge in [-0.1, -0.05) is 51.0 Å². The van der Waals surface area contributed by atoms with Crippen molar-refractivity contribution < 1.29 is 23.8 Å². The van der Waals surface area contributed by atoms with E-state index in [-0.39, 0.29) is 28.2 Å². The van der Waals surface area contributed by atoms with Crippen molar-refractivity contribution in [2.75, 3.05) is 24.7 Å². The van der Waals surface area contributed by atoms with Crippen molar-refractivity contribution in [3.8, 4) is 5.69 Å². The lowest BCUT2D eigenvalue weighted by Gasteiger charge is -2.39. The molecule has 0 bridgehead atoms. The molecule has 48 heavy (non-hydrogen) atoms. The van der Waals surface area contributed by atoms with Crippen molar-refractivity contribution >= 4 is 42.4 Å². The summed E-state index contributed by atoms with van der Waals surface area (Å²) in [5.74, 6) is -1.15. The van der Waals surface area contributed by atoms with Gasteiger partial charge in [0.25, 0.3) is 5.91 Å². The fourth-order valence-electron chi connectivity index (χ4n) is 6.20. The molecule has 1 aliphatic rings. The number of aryl methyl sites for hydroxylation is 1. The molecule has 3 aromatic carbocycles. The number of aromatic nitrogens is 2. The summed E-state index contributed by atoms with van der Waals surface area (Å²) in [4.78, 5) is 20.7. The normalized spacial score (nSPS) is 15.5. The van der Waals surface area contributed by atoms with Crippen LogP contribution in [0.15, 0.2) is 65.1 Å². The van der Waals surface area contributed by atoms with Crippen molar-refractivity contribution in [1.82, 2.24) is 19.6 Å². The van der Waals surface area contributed by atoms with Crippen LogP contribution in [0.2, 0.25) is 0 Å². The number of halogens is 3. The number of carbonyl (C=O) groups excluding carboxylic acids is 1. The first-order valence-electron chi connectivity index (χ1n) is 16.6. The van der Waals surface area contributed by atoms with E-state index in [1.807, 2.05) is 53.1 Å². The van der Waals surface area contributed by atoms with Gasteiger partial charge in [0, 0.05) is 42.6 Å². The maximum atomic E-state index is 14.7. The Labute approximate surface area is 291 Å². The Hall–Kier alpha value is -3.42. The maximum absolute atomic E-state index is 14.7. The van der Waals surface area contributed by atoms with E-state index in [0.29, 0.717) is 48.7 Å². The largest absolute Gasteiger partial charge is 0.412 e. The van der Waals surface area contributed by atoms with E-state index in [4.69, 9.17) is 5.10 Å². The van der Waals surface area contributed by atoms with Gasteiger partial charge in [-0.2, -0.15) is 5.10 Å². The molecule has 2 atom stereocenters. The molecule has 5 rings (SSSR count). The first kappa shape index (κ1) is 35.9. The average Bonchev–Trinajstić information content (AvgIpc) is 3.49. The van der Waals surface area contributed by atoms with E-state index in [1.165, 1.54) is 6.07 Å². The standard InChI is InChI=1S/C36H44BrF2N5O3Si/c1-4-6-14-42(15-7-5-2)36(47)32-16-23(3)44(40-32)33-13-12-26(41-48-34-20-30(38)29(37)19-31(34)39)18-28(33)35(46)43-21-25-11-9-8-10-24(25)17-27(43)22-45/h8-13,16,18-20,27,35,41,45-46H,4-7,14-15,17,21-22,48H2,1-3H3. The van der Waals surface area contributed by atoms with Gasteiger partial charge in [-0.25, -0.2) is 13.5 Å². The molecular weight excluding hydrogens is 696 g/mol. The van der Waals surface area contributed by atoms with Crippen LogP contribution in [0.1, 0.15) is 78.6 Å². The third-order valence-electron chi connectivity index (χ3n) is 8.98. The SMILES string of the molecule is CCCCN(CCCC)C(=O)c1cc(C)n(-c2ccc(N[SiH2]c3cc(F)c(Br)cc3F)cc2C(O)N2Cc3ccccc3CC2CO)n1. The van der Waals surface area contributed by atoms with Gasteiger partial charge in [0.2, 0.25) is 0 Å². The number of carbonyl (C=O) groups is 1. The summed E-state index contributed by atoms with van der Waals surface area (Å²) in [6, 6.07) is 17.2. The summed E-state index contributed by atoms with van der Waals surface area (Å²) >= 11 is 3.03. The smallest absolute Gasteiger partial charge is 0.274 e. The lowest BCUT2D eigenvalue weighted by molar-refractivity contribution is -0.0529. The molecule has 256 valence electrons. The molecule has 4 aromatic rings.